The molecule has 3 nitrogen and oxygen atoms in total. The molecule has 0 aliphatic heterocycles. The first-order valence-corrected chi connectivity index (χ1v) is 7.23. The maximum absolute atomic E-state index is 12.5. The normalized spacial score (nSPS) is 11.7. The van der Waals surface area contributed by atoms with Gasteiger partial charge in [-0.05, 0) is 41.1 Å². The molecule has 0 aliphatic carbocycles. The van der Waals surface area contributed by atoms with Crippen molar-refractivity contribution in [3.05, 3.63) is 51.7 Å². The highest BCUT2D eigenvalue weighted by Crippen LogP contribution is 2.27. The third-order valence-electron chi connectivity index (χ3n) is 3.19. The molecule has 0 N–H and O–H groups in total. The summed E-state index contributed by atoms with van der Waals surface area (Å²) < 4.78 is 5.09. The smallest absolute Gasteiger partial charge is 0.194 e. The van der Waals surface area contributed by atoms with E-state index in [9.17, 15) is 10.1 Å². The zero-order valence-corrected chi connectivity index (χ0v) is 12.2. The first-order valence-electron chi connectivity index (χ1n) is 6.35. The highest BCUT2D eigenvalue weighted by molar-refractivity contribution is 7.12. The Balaban J connectivity index is 2.32. The number of rotatable bonds is 5. The summed E-state index contributed by atoms with van der Waals surface area (Å²) >= 11 is 1.40. The highest BCUT2D eigenvalue weighted by Gasteiger charge is 2.24. The Morgan fingerprint density at radius 2 is 2.05 bits per heavy atom. The summed E-state index contributed by atoms with van der Waals surface area (Å²) in [4.78, 5) is 13.2. The molecule has 0 bridgehead atoms. The molecule has 2 rings (SSSR count). The van der Waals surface area contributed by atoms with Gasteiger partial charge in [0.15, 0.2) is 5.78 Å². The number of hydrogen-bond acceptors (Lipinski definition) is 4. The minimum Gasteiger partial charge on any atom is -0.497 e. The molecule has 0 radical (unpaired) electrons. The third kappa shape index (κ3) is 2.73. The van der Waals surface area contributed by atoms with Gasteiger partial charge in [-0.1, -0.05) is 19.1 Å². The van der Waals surface area contributed by atoms with Gasteiger partial charge in [0.2, 0.25) is 0 Å². The van der Waals surface area contributed by atoms with E-state index >= 15 is 0 Å². The molecule has 1 aromatic carbocycles. The lowest BCUT2D eigenvalue weighted by Crippen LogP contribution is -2.11. The lowest BCUT2D eigenvalue weighted by molar-refractivity contribution is 0.0982. The number of hydrogen-bond donors (Lipinski definition) is 0. The molecule has 0 fully saturated rings. The van der Waals surface area contributed by atoms with Crippen LogP contribution in [0.1, 0.15) is 33.6 Å². The zero-order valence-electron chi connectivity index (χ0n) is 11.4. The van der Waals surface area contributed by atoms with Crippen LogP contribution in [0.25, 0.3) is 0 Å². The van der Waals surface area contributed by atoms with Gasteiger partial charge in [0.25, 0.3) is 0 Å². The van der Waals surface area contributed by atoms with Crippen molar-refractivity contribution in [3.8, 4) is 11.8 Å². The second-order valence-electron chi connectivity index (χ2n) is 4.33. The molecule has 4 heteroatoms. The average molecular weight is 285 g/mol. The lowest BCUT2D eigenvalue weighted by atomic mass is 9.93. The van der Waals surface area contributed by atoms with E-state index in [2.05, 4.69) is 6.07 Å². The Hall–Kier alpha value is -2.12. The van der Waals surface area contributed by atoms with E-state index in [0.717, 1.165) is 12.0 Å². The van der Waals surface area contributed by atoms with Crippen LogP contribution < -0.4 is 4.74 Å². The number of carbonyl (C=O) groups is 1. The van der Waals surface area contributed by atoms with E-state index < -0.39 is 5.92 Å². The summed E-state index contributed by atoms with van der Waals surface area (Å²) in [5, 5.41) is 11.2. The van der Waals surface area contributed by atoms with Crippen LogP contribution in [0.3, 0.4) is 0 Å². The predicted molar refractivity (Wildman–Crippen MR) is 79.4 cm³/mol. The van der Waals surface area contributed by atoms with Gasteiger partial charge in [-0.25, -0.2) is 0 Å². The van der Waals surface area contributed by atoms with Crippen molar-refractivity contribution in [2.24, 2.45) is 0 Å². The topological polar surface area (TPSA) is 50.1 Å². The highest BCUT2D eigenvalue weighted by atomic mass is 32.1. The van der Waals surface area contributed by atoms with Crippen LogP contribution in [0.15, 0.2) is 35.7 Å². The SMILES string of the molecule is CCc1ccsc1C(=O)C(C#N)c1ccc(OC)cc1. The van der Waals surface area contributed by atoms with Gasteiger partial charge in [-0.3, -0.25) is 4.79 Å². The van der Waals surface area contributed by atoms with Crippen LogP contribution in [0, 0.1) is 11.3 Å². The number of ketones is 1. The van der Waals surface area contributed by atoms with Gasteiger partial charge < -0.3 is 4.74 Å². The maximum atomic E-state index is 12.5. The quantitative estimate of drug-likeness (QED) is 0.785. The molecule has 0 spiro atoms. The molecule has 1 atom stereocenters. The first kappa shape index (κ1) is 14.3. The number of nitriles is 1. The van der Waals surface area contributed by atoms with Crippen LogP contribution in [-0.4, -0.2) is 12.9 Å². The van der Waals surface area contributed by atoms with Gasteiger partial charge in [0, 0.05) is 0 Å². The third-order valence-corrected chi connectivity index (χ3v) is 4.16. The minimum absolute atomic E-state index is 0.121. The van der Waals surface area contributed by atoms with Crippen molar-refractivity contribution in [1.29, 1.82) is 5.26 Å². The molecule has 0 amide bonds. The fourth-order valence-corrected chi connectivity index (χ4v) is 3.01. The Labute approximate surface area is 122 Å². The molecule has 1 heterocycles. The number of nitrogens with zero attached hydrogens (tertiary/aromatic N) is 1. The monoisotopic (exact) mass is 285 g/mol. The van der Waals surface area contributed by atoms with E-state index in [4.69, 9.17) is 4.74 Å². The van der Waals surface area contributed by atoms with Gasteiger partial charge in [0.05, 0.1) is 18.1 Å². The van der Waals surface area contributed by atoms with E-state index in [1.165, 1.54) is 11.3 Å². The summed E-state index contributed by atoms with van der Waals surface area (Å²) in [5.41, 5.74) is 1.71. The van der Waals surface area contributed by atoms with Crippen LogP contribution in [-0.2, 0) is 6.42 Å². The van der Waals surface area contributed by atoms with E-state index in [1.54, 1.807) is 31.4 Å². The van der Waals surface area contributed by atoms with Crippen molar-refractivity contribution in [2.45, 2.75) is 19.3 Å². The Morgan fingerprint density at radius 3 is 2.60 bits per heavy atom. The first-order chi connectivity index (χ1) is 9.71. The van der Waals surface area contributed by atoms with Gasteiger partial charge in [-0.2, -0.15) is 5.26 Å². The lowest BCUT2D eigenvalue weighted by Gasteiger charge is -2.09. The summed E-state index contributed by atoms with van der Waals surface area (Å²) in [6, 6.07) is 11.1. The molecule has 2 aromatic rings. The van der Waals surface area contributed by atoms with E-state index in [0.29, 0.717) is 16.2 Å². The molecular formula is C16H15NO2S. The molecule has 0 saturated carbocycles. The minimum atomic E-state index is -0.759. The number of ether oxygens (including phenoxy) is 1. The Kier molecular flexibility index (Phi) is 4.54. The zero-order chi connectivity index (χ0) is 14.5. The fraction of sp³-hybridized carbons (Fsp3) is 0.250. The van der Waals surface area contributed by atoms with E-state index in [1.807, 2.05) is 18.4 Å². The number of aryl methyl sites for hydroxylation is 1. The van der Waals surface area contributed by atoms with Crippen LogP contribution in [0.2, 0.25) is 0 Å². The Morgan fingerprint density at radius 1 is 1.35 bits per heavy atom. The van der Waals surface area contributed by atoms with E-state index in [-0.39, 0.29) is 5.78 Å². The summed E-state index contributed by atoms with van der Waals surface area (Å²) in [7, 11) is 1.58. The van der Waals surface area contributed by atoms with Crippen molar-refractivity contribution in [1.82, 2.24) is 0 Å². The van der Waals surface area contributed by atoms with Gasteiger partial charge in [0.1, 0.15) is 11.7 Å². The average Bonchev–Trinajstić information content (AvgIpc) is 2.97. The molecule has 0 saturated heterocycles. The van der Waals surface area contributed by atoms with Crippen molar-refractivity contribution in [2.75, 3.05) is 7.11 Å². The number of methoxy groups -OCH3 is 1. The summed E-state index contributed by atoms with van der Waals surface area (Å²) in [6.07, 6.45) is 0.797. The molecular weight excluding hydrogens is 270 g/mol. The van der Waals surface area contributed by atoms with Gasteiger partial charge in [-0.15, -0.1) is 11.3 Å². The molecule has 1 aromatic heterocycles. The van der Waals surface area contributed by atoms with Crippen molar-refractivity contribution in [3.63, 3.8) is 0 Å². The summed E-state index contributed by atoms with van der Waals surface area (Å²) in [5.74, 6) is -0.169. The van der Waals surface area contributed by atoms with Crippen LogP contribution in [0.5, 0.6) is 5.75 Å². The van der Waals surface area contributed by atoms with Crippen LogP contribution in [0.4, 0.5) is 0 Å². The molecule has 102 valence electrons. The maximum Gasteiger partial charge on any atom is 0.194 e. The summed E-state index contributed by atoms with van der Waals surface area (Å²) in [6.45, 7) is 2.01. The van der Waals surface area contributed by atoms with Crippen molar-refractivity contribution < 1.29 is 9.53 Å². The van der Waals surface area contributed by atoms with Gasteiger partial charge >= 0.3 is 0 Å². The number of benzene rings is 1. The largest absolute Gasteiger partial charge is 0.497 e. The molecule has 1 unspecified atom stereocenters. The second kappa shape index (κ2) is 6.36. The fourth-order valence-electron chi connectivity index (χ4n) is 2.04. The molecule has 0 aliphatic rings. The second-order valence-corrected chi connectivity index (χ2v) is 5.24. The number of Topliss-reactive ketones (excluding diaryl/α,β-unsaturated/α-hetero) is 1. The Bertz CT molecular complexity index is 637. The standard InChI is InChI=1S/C16H15NO2S/c1-3-11-8-9-20-16(11)15(18)14(10-17)12-4-6-13(19-2)7-5-12/h4-9,14H,3H2,1-2H3. The predicted octanol–water partition coefficient (Wildman–Crippen LogP) is 3.81. The number of carbonyl (C=O) groups excluding carboxylic acids is 1. The van der Waals surface area contributed by atoms with Crippen LogP contribution >= 0.6 is 11.3 Å². The number of thiophene rings is 1. The molecule has 20 heavy (non-hydrogen) atoms. The van der Waals surface area contributed by atoms with Crippen molar-refractivity contribution >= 4 is 17.1 Å².